The van der Waals surface area contributed by atoms with E-state index in [0.29, 0.717) is 0 Å². The van der Waals surface area contributed by atoms with Gasteiger partial charge in [-0.2, -0.15) is 0 Å². The van der Waals surface area contributed by atoms with Crippen molar-refractivity contribution in [3.05, 3.63) is 126 Å². The summed E-state index contributed by atoms with van der Waals surface area (Å²) in [5.74, 6) is 0. The number of benzene rings is 1. The summed E-state index contributed by atoms with van der Waals surface area (Å²) in [5.41, 5.74) is 5.29. The topological polar surface area (TPSA) is 0 Å². The largest absolute Gasteiger partial charge is 0.117 e. The fraction of sp³-hybridized carbons (Fsp3) is 0.185. The van der Waals surface area contributed by atoms with Crippen LogP contribution in [0.2, 0.25) is 0 Å². The molecule has 0 aromatic heterocycles. The van der Waals surface area contributed by atoms with Gasteiger partial charge in [0, 0.05) is 0 Å². The summed E-state index contributed by atoms with van der Waals surface area (Å²) in [5, 5.41) is 2.20. The van der Waals surface area contributed by atoms with Crippen LogP contribution in [0.15, 0.2) is 109 Å². The van der Waals surface area contributed by atoms with Crippen molar-refractivity contribution in [2.45, 2.75) is 31.4 Å². The maximum absolute atomic E-state index is 4.04. The average Bonchev–Trinajstić information content (AvgIpc) is 2.96. The fourth-order valence-electron chi connectivity index (χ4n) is 3.30. The minimum atomic E-state index is -0.128. The van der Waals surface area contributed by atoms with Gasteiger partial charge in [0.15, 0.2) is 0 Å². The Labute approximate surface area is 175 Å². The lowest BCUT2D eigenvalue weighted by molar-refractivity contribution is 0.756. The lowest BCUT2D eigenvalue weighted by Crippen LogP contribution is -2.24. The highest BCUT2D eigenvalue weighted by Gasteiger charge is 2.36. The van der Waals surface area contributed by atoms with Crippen LogP contribution in [0.3, 0.4) is 0 Å². The Morgan fingerprint density at radius 2 is 1.96 bits per heavy atom. The second-order valence-electron chi connectivity index (χ2n) is 6.67. The van der Waals surface area contributed by atoms with E-state index in [9.17, 15) is 0 Å². The molecule has 0 saturated carbocycles. The van der Waals surface area contributed by atoms with Crippen LogP contribution >= 0.6 is 11.8 Å². The lowest BCUT2D eigenvalue weighted by Gasteiger charge is -2.35. The molecule has 0 amide bonds. The first-order valence-corrected chi connectivity index (χ1v) is 10.6. The number of aryl methyl sites for hydroxylation is 1. The van der Waals surface area contributed by atoms with Crippen LogP contribution in [0.25, 0.3) is 6.08 Å². The molecule has 1 aromatic carbocycles. The van der Waals surface area contributed by atoms with E-state index in [4.69, 9.17) is 0 Å². The van der Waals surface area contributed by atoms with Crippen molar-refractivity contribution in [3.63, 3.8) is 0 Å². The zero-order chi connectivity index (χ0) is 20.2. The zero-order valence-corrected chi connectivity index (χ0v) is 17.8. The van der Waals surface area contributed by atoms with Crippen molar-refractivity contribution in [1.82, 2.24) is 0 Å². The SMILES string of the molecule is C=C/C=C\C.C=CCC1(C2=CC=CCC=C2)S/C=C\C=Cc2cc(C)ccc21. The molecule has 1 unspecified atom stereocenters. The number of hydrogen-bond donors (Lipinski definition) is 0. The summed E-state index contributed by atoms with van der Waals surface area (Å²) in [6.07, 6.45) is 27.1. The molecule has 0 fully saturated rings. The quantitative estimate of drug-likeness (QED) is 0.371. The summed E-state index contributed by atoms with van der Waals surface area (Å²) in [6.45, 7) is 11.6. The predicted molar refractivity (Wildman–Crippen MR) is 129 cm³/mol. The van der Waals surface area contributed by atoms with Crippen LogP contribution in [0, 0.1) is 6.92 Å². The van der Waals surface area contributed by atoms with Gasteiger partial charge in [0.05, 0.1) is 4.75 Å². The fourth-order valence-corrected chi connectivity index (χ4v) is 4.50. The van der Waals surface area contributed by atoms with E-state index in [2.05, 4.69) is 92.3 Å². The number of rotatable bonds is 4. The van der Waals surface area contributed by atoms with Gasteiger partial charge in [-0.05, 0) is 48.8 Å². The second kappa shape index (κ2) is 11.4. The van der Waals surface area contributed by atoms with E-state index < -0.39 is 0 Å². The van der Waals surface area contributed by atoms with Gasteiger partial charge in [-0.15, -0.1) is 18.3 Å². The number of hydrogen-bond acceptors (Lipinski definition) is 1. The Morgan fingerprint density at radius 3 is 2.68 bits per heavy atom. The molecule has 0 radical (unpaired) electrons. The molecule has 0 nitrogen and oxygen atoms in total. The van der Waals surface area contributed by atoms with Gasteiger partial charge >= 0.3 is 0 Å². The van der Waals surface area contributed by atoms with Crippen molar-refractivity contribution < 1.29 is 0 Å². The third-order valence-electron chi connectivity index (χ3n) is 4.58. The minimum absolute atomic E-state index is 0.128. The molecule has 1 heteroatoms. The summed E-state index contributed by atoms with van der Waals surface area (Å²) >= 11 is 1.88. The van der Waals surface area contributed by atoms with Gasteiger partial charge < -0.3 is 0 Å². The van der Waals surface area contributed by atoms with Crippen molar-refractivity contribution in [3.8, 4) is 0 Å². The van der Waals surface area contributed by atoms with Crippen molar-refractivity contribution >= 4 is 17.8 Å². The smallest absolute Gasteiger partial charge is 0.0738 e. The highest BCUT2D eigenvalue weighted by Crippen LogP contribution is 2.50. The van der Waals surface area contributed by atoms with Crippen molar-refractivity contribution in [2.75, 3.05) is 0 Å². The van der Waals surface area contributed by atoms with E-state index >= 15 is 0 Å². The van der Waals surface area contributed by atoms with Crippen molar-refractivity contribution in [1.29, 1.82) is 0 Å². The van der Waals surface area contributed by atoms with E-state index in [1.807, 2.05) is 36.9 Å². The van der Waals surface area contributed by atoms with Gasteiger partial charge in [-0.25, -0.2) is 0 Å². The molecule has 1 aromatic rings. The molecule has 1 atom stereocenters. The molecule has 0 spiro atoms. The Hall–Kier alpha value is -2.51. The Kier molecular flexibility index (Phi) is 8.84. The summed E-state index contributed by atoms with van der Waals surface area (Å²) < 4.78 is -0.128. The highest BCUT2D eigenvalue weighted by atomic mass is 32.2. The van der Waals surface area contributed by atoms with E-state index in [-0.39, 0.29) is 4.75 Å². The van der Waals surface area contributed by atoms with Crippen LogP contribution in [-0.2, 0) is 4.75 Å². The molecule has 0 saturated heterocycles. The molecule has 144 valence electrons. The van der Waals surface area contributed by atoms with Gasteiger partial charge in [-0.1, -0.05) is 103 Å². The standard InChI is InChI=1S/C22H22S.C5H8/c1-3-15-22(20-11-6-4-5-7-12-20)21-14-13-18(2)17-19(21)10-8-9-16-23-22;1-3-5-4-2/h3-4,6-14,16-17H,1,5,15H2,2H3;3-5H,1H2,2H3/b10-8?,16-9-;5-4-. The molecule has 28 heavy (non-hydrogen) atoms. The van der Waals surface area contributed by atoms with Crippen LogP contribution in [-0.4, -0.2) is 0 Å². The molecule has 2 aliphatic rings. The molecular weight excluding hydrogens is 356 g/mol. The van der Waals surface area contributed by atoms with Gasteiger partial charge in [0.25, 0.3) is 0 Å². The third kappa shape index (κ3) is 5.50. The zero-order valence-electron chi connectivity index (χ0n) is 17.0. The first kappa shape index (κ1) is 21.8. The monoisotopic (exact) mass is 386 g/mol. The molecule has 0 bridgehead atoms. The number of fused-ring (bicyclic) bond motifs is 1. The van der Waals surface area contributed by atoms with Crippen molar-refractivity contribution in [2.24, 2.45) is 0 Å². The summed E-state index contributed by atoms with van der Waals surface area (Å²) in [7, 11) is 0. The lowest BCUT2D eigenvalue weighted by atomic mass is 9.83. The molecular formula is C27H30S. The summed E-state index contributed by atoms with van der Waals surface area (Å²) in [6, 6.07) is 6.78. The van der Waals surface area contributed by atoms with E-state index in [0.717, 1.165) is 12.8 Å². The van der Waals surface area contributed by atoms with Crippen LogP contribution in [0.1, 0.15) is 36.5 Å². The molecule has 1 aliphatic heterocycles. The van der Waals surface area contributed by atoms with Gasteiger partial charge in [0.1, 0.15) is 0 Å². The Morgan fingerprint density at radius 1 is 1.11 bits per heavy atom. The normalized spacial score (nSPS) is 21.4. The van der Waals surface area contributed by atoms with Crippen LogP contribution in [0.4, 0.5) is 0 Å². The second-order valence-corrected chi connectivity index (χ2v) is 7.87. The maximum atomic E-state index is 4.04. The maximum Gasteiger partial charge on any atom is 0.0738 e. The third-order valence-corrected chi connectivity index (χ3v) is 5.90. The first-order valence-electron chi connectivity index (χ1n) is 9.68. The summed E-state index contributed by atoms with van der Waals surface area (Å²) in [4.78, 5) is 0. The molecule has 3 rings (SSSR count). The minimum Gasteiger partial charge on any atom is -0.117 e. The molecule has 1 heterocycles. The Balaban J connectivity index is 0.000000500. The number of thioether (sulfide) groups is 1. The first-order chi connectivity index (χ1) is 13.7. The van der Waals surface area contributed by atoms with E-state index in [1.54, 1.807) is 6.08 Å². The highest BCUT2D eigenvalue weighted by molar-refractivity contribution is 8.03. The number of allylic oxidation sites excluding steroid dienone is 11. The molecule has 0 N–H and O–H groups in total. The van der Waals surface area contributed by atoms with Gasteiger partial charge in [-0.3, -0.25) is 0 Å². The Bertz CT molecular complexity index is 858. The van der Waals surface area contributed by atoms with Crippen LogP contribution in [0.5, 0.6) is 0 Å². The van der Waals surface area contributed by atoms with Crippen LogP contribution < -0.4 is 0 Å². The molecule has 1 aliphatic carbocycles. The van der Waals surface area contributed by atoms with Gasteiger partial charge in [0.2, 0.25) is 0 Å². The average molecular weight is 387 g/mol. The predicted octanol–water partition coefficient (Wildman–Crippen LogP) is 8.23. The van der Waals surface area contributed by atoms with E-state index in [1.165, 1.54) is 22.3 Å².